The molecule has 3 heterocycles. The molecule has 0 radical (unpaired) electrons. The van der Waals surface area contributed by atoms with Crippen molar-refractivity contribution in [3.63, 3.8) is 0 Å². The second-order valence-corrected chi connectivity index (χ2v) is 37.3. The summed E-state index contributed by atoms with van der Waals surface area (Å²) in [6.45, 7) is 11.0. The van der Waals surface area contributed by atoms with Gasteiger partial charge in [0, 0.05) is 85.2 Å². The molecule has 47 heteroatoms. The number of esters is 3. The van der Waals surface area contributed by atoms with Crippen molar-refractivity contribution in [1.82, 2.24) is 46.5 Å². The number of carbonyl (C=O) groups is 17. The van der Waals surface area contributed by atoms with Gasteiger partial charge in [-0.15, -0.1) is 0 Å². The Morgan fingerprint density at radius 2 is 1.25 bits per heavy atom. The van der Waals surface area contributed by atoms with E-state index in [1.54, 1.807) is 113 Å². The van der Waals surface area contributed by atoms with E-state index in [1.807, 2.05) is 6.92 Å². The number of aromatic nitrogens is 4. The lowest BCUT2D eigenvalue weighted by atomic mass is 9.43. The smallest absolute Gasteiger partial charge is 0.481 e. The summed E-state index contributed by atoms with van der Waals surface area (Å²) < 4.78 is 35.5. The summed E-state index contributed by atoms with van der Waals surface area (Å²) in [5, 5.41) is 88.6. The van der Waals surface area contributed by atoms with Crippen molar-refractivity contribution in [2.24, 2.45) is 51.0 Å². The van der Waals surface area contributed by atoms with Crippen LogP contribution in [0.15, 0.2) is 142 Å². The number of fused-ring (bicyclic) bond motifs is 6. The summed E-state index contributed by atoms with van der Waals surface area (Å²) in [4.78, 5) is 255. The molecule has 3 aliphatic carbocycles. The zero-order chi connectivity index (χ0) is 103. The summed E-state index contributed by atoms with van der Waals surface area (Å²) >= 11 is 0. The molecular weight excluding hydrogens is 1870 g/mol. The summed E-state index contributed by atoms with van der Waals surface area (Å²) in [5.41, 5.74) is 10.9. The third-order valence-corrected chi connectivity index (χ3v) is 27.3. The van der Waals surface area contributed by atoms with Crippen molar-refractivity contribution in [3.8, 4) is 0 Å². The van der Waals surface area contributed by atoms with Gasteiger partial charge in [-0.1, -0.05) is 116 Å². The Morgan fingerprint density at radius 1 is 0.671 bits per heavy atom. The number of nitrogens with two attached hydrogens (primary N) is 3. The van der Waals surface area contributed by atoms with Crippen molar-refractivity contribution in [3.05, 3.63) is 171 Å². The predicted molar refractivity (Wildman–Crippen MR) is 498 cm³/mol. The van der Waals surface area contributed by atoms with E-state index in [9.17, 15) is 117 Å². The van der Waals surface area contributed by atoms with Crippen molar-refractivity contribution in [2.45, 2.75) is 204 Å². The van der Waals surface area contributed by atoms with Crippen molar-refractivity contribution < 1.29 is 146 Å². The minimum atomic E-state index is -2.26. The lowest BCUT2D eigenvalue weighted by Crippen LogP contribution is -2.81. The highest BCUT2D eigenvalue weighted by Gasteiger charge is 2.78. The molecule has 0 spiro atoms. The monoisotopic (exact) mass is 1980 g/mol. The van der Waals surface area contributed by atoms with E-state index in [0.29, 0.717) is 33.8 Å². The van der Waals surface area contributed by atoms with Crippen LogP contribution < -0.4 is 54.7 Å². The number of aliphatic hydroxyl groups is 2. The predicted octanol–water partition coefficient (Wildman–Crippen LogP) is 4.06. The third kappa shape index (κ3) is 27.4. The standard InChI is InChI=1S/C48H53NO14.C45H59N13O17S2/c1-26-32(60-43(55)37(51)36(29-17-11-8-12-18-29)49-41(53)30-19-13-9-14-20-30)24-48(57)40(62-42(54)31-21-15-10-16-22-31)38-46(6,39(52)27(2)35(26)45(48,4)5)33(61-44(56)58-7)23-34-47(38,25-59-34)63-28(3)50;1-2-12-76-77-20-30(43(74)75)56-40(70)29(17-34(65)66)55-39(69)23(16-33(63)64)14-31(60)27(4-3-11-49-44(46)47)53-38(68)22(15-32(61)62)13-26(59)9-10-28(42(72)73)54-37(67)21-5-7-24(8-6-21)50-18-25-19-51-36-35(52-25)41(71)58-45(48)57-36/h8-22,27,32-34,36-38,40,51,57H,23-25H2,1-7H3,(H,49,53);5-8,19,22-23,27-30,50H,2-4,9-18,20H2,1H3,(H,53,68)(H,54,67)(H,55,69)(H,56,70)(H,61,62)(H,63,64)(H,65,66)(H,72,73)(H,74,75)(H4,46,47,49)(H3,48,51,57,58,71)/t27-,32+,33+,34-,36+,37-,38?,40+,46-,47+,48-;22-,23-,27-,28-,29-,30-/m10/s1. The molecule has 752 valence electrons. The Kier molecular flexibility index (Phi) is 38.1. The Morgan fingerprint density at radius 3 is 1.82 bits per heavy atom. The van der Waals surface area contributed by atoms with Crippen LogP contribution in [0.4, 0.5) is 16.4 Å². The maximum Gasteiger partial charge on any atom is 0.508 e. The Balaban J connectivity index is 0.000000318. The normalized spacial score (nSPS) is 21.5. The molecule has 6 aromatic rings. The number of aliphatic hydroxyl groups excluding tert-OH is 1. The molecular formula is C93H112N14O31S2. The summed E-state index contributed by atoms with van der Waals surface area (Å²) in [5.74, 6) is -24.1. The van der Waals surface area contributed by atoms with Crippen molar-refractivity contribution in [2.75, 3.05) is 42.8 Å². The Labute approximate surface area is 808 Å². The van der Waals surface area contributed by atoms with E-state index in [1.165, 1.54) is 60.3 Å². The molecule has 2 bridgehead atoms. The molecule has 4 aromatic carbocycles. The van der Waals surface area contributed by atoms with Gasteiger partial charge in [-0.3, -0.25) is 72.3 Å². The fourth-order valence-electron chi connectivity index (χ4n) is 17.7. The number of hydrogen-bond acceptors (Lipinski definition) is 34. The first-order chi connectivity index (χ1) is 66.2. The average Bonchev–Trinajstić information content (AvgIpc) is 0.665. The number of nitrogen functional groups attached to an aromatic ring is 1. The maximum absolute atomic E-state index is 15.6. The number of nitrogens with one attached hydrogen (secondary N) is 7. The van der Waals surface area contributed by atoms with E-state index in [0.717, 1.165) is 24.3 Å². The van der Waals surface area contributed by atoms with Crippen LogP contribution >= 0.6 is 21.6 Å². The van der Waals surface area contributed by atoms with Gasteiger partial charge in [-0.25, -0.2) is 33.9 Å². The number of benzene rings is 4. The number of carboxylic acids is 5. The van der Waals surface area contributed by atoms with Gasteiger partial charge in [0.1, 0.15) is 59.7 Å². The summed E-state index contributed by atoms with van der Waals surface area (Å²) in [7, 11) is 3.55. The van der Waals surface area contributed by atoms with E-state index in [4.69, 9.17) is 45.6 Å². The van der Waals surface area contributed by atoms with E-state index in [2.05, 4.69) is 56.8 Å². The number of ketones is 3. The average molecular weight is 1990 g/mol. The number of ether oxygens (including phenoxy) is 6. The first-order valence-corrected chi connectivity index (χ1v) is 46.8. The fraction of sp³-hybridized carbons (Fsp3) is 0.462. The number of amides is 5. The van der Waals surface area contributed by atoms with Crippen molar-refractivity contribution in [1.29, 1.82) is 0 Å². The number of anilines is 2. The highest BCUT2D eigenvalue weighted by molar-refractivity contribution is 8.76. The topological polar surface area (TPSA) is 721 Å². The molecule has 1 aliphatic heterocycles. The quantitative estimate of drug-likeness (QED) is 0.00487. The molecule has 17 atom stereocenters. The van der Waals surface area contributed by atoms with E-state index in [-0.39, 0.29) is 84.5 Å². The number of rotatable bonds is 46. The molecule has 4 aliphatic rings. The number of nitrogens with zero attached hydrogens (tertiary/aromatic N) is 4. The molecule has 10 rings (SSSR count). The minimum Gasteiger partial charge on any atom is -0.481 e. The lowest BCUT2D eigenvalue weighted by molar-refractivity contribution is -0.345. The van der Waals surface area contributed by atoms with Crippen LogP contribution in [0.2, 0.25) is 0 Å². The zero-order valence-corrected chi connectivity index (χ0v) is 79.0. The van der Waals surface area contributed by atoms with Gasteiger partial charge in [0.15, 0.2) is 34.6 Å². The first-order valence-electron chi connectivity index (χ1n) is 44.3. The number of H-pyrrole nitrogens is 1. The second-order valence-electron chi connectivity index (χ2n) is 34.6. The highest BCUT2D eigenvalue weighted by Crippen LogP contribution is 2.66. The summed E-state index contributed by atoms with van der Waals surface area (Å²) in [6.07, 6.45) is -13.2. The molecule has 20 N–H and O–H groups in total. The Bertz CT molecular complexity index is 5740. The van der Waals surface area contributed by atoms with Crippen LogP contribution in [-0.4, -0.2) is 260 Å². The number of hydrogen-bond donors (Lipinski definition) is 17. The molecule has 2 saturated carbocycles. The minimum absolute atomic E-state index is 0.0206. The molecule has 45 nitrogen and oxygen atoms in total. The van der Waals surface area contributed by atoms with Crippen LogP contribution in [0, 0.1) is 34.5 Å². The number of carbonyl (C=O) groups excluding carboxylic acids is 12. The zero-order valence-electron chi connectivity index (χ0n) is 77.4. The van der Waals surface area contributed by atoms with Crippen LogP contribution in [-0.2, 0) is 97.3 Å². The molecule has 3 fully saturated rings. The van der Waals surface area contributed by atoms with E-state index < -0.39 is 264 Å². The van der Waals surface area contributed by atoms with Crippen LogP contribution in [0.25, 0.3) is 11.2 Å². The molecule has 1 unspecified atom stereocenters. The van der Waals surface area contributed by atoms with E-state index >= 15 is 4.79 Å². The molecule has 1 saturated heterocycles. The van der Waals surface area contributed by atoms with Gasteiger partial charge in [-0.2, -0.15) is 4.98 Å². The van der Waals surface area contributed by atoms with Gasteiger partial charge in [0.05, 0.1) is 92.2 Å². The largest absolute Gasteiger partial charge is 0.508 e. The number of methoxy groups -OCH3 is 1. The number of aliphatic carboxylic acids is 5. The number of aromatic amines is 1. The molecule has 5 amide bonds. The number of Topliss-reactive ketones (excluding diaryl/α,β-unsaturated/α-hetero) is 3. The number of carboxylic acid groups (broad SMARTS) is 5. The van der Waals surface area contributed by atoms with Gasteiger partial charge >= 0.3 is 53.9 Å². The van der Waals surface area contributed by atoms with Gasteiger partial charge < -0.3 is 113 Å². The first kappa shape index (κ1) is 109. The highest BCUT2D eigenvalue weighted by atomic mass is 33.1. The summed E-state index contributed by atoms with van der Waals surface area (Å²) in [6, 6.07) is 22.3. The SMILES string of the molecule is CCCSSC[C@H](NC(=O)[C@H](CC(=O)O)NC(=O)[C@H](CC(=O)O)CC(=O)[C@H](CCCN=C(N)N)NC(=O)[C@H](CC(=O)O)CC(=O)CC[C@H](NC(=O)c1ccc(NCc2cnc3nc(N)[nH]c(=O)c3n2)cc1)C(=O)O)C(=O)O.COC(=O)O[C@H]1C[C@H]2OC[C@@]2(OC(C)=O)C2[C@H](OC(=O)c3ccccc3)[C@]3(O)C[C@H](OC(=O)[C@H](O)[C@@H](NC(=O)c4ccccc4)c4ccccc4)C(C)=C([C@@H](C)C(=O)[C@@]21C)C3(C)C. The van der Waals surface area contributed by atoms with Gasteiger partial charge in [0.25, 0.3) is 17.4 Å². The van der Waals surface area contributed by atoms with Crippen LogP contribution in [0.3, 0.4) is 0 Å². The Hall–Kier alpha value is -14.3. The van der Waals surface area contributed by atoms with Gasteiger partial charge in [-0.05, 0) is 105 Å². The third-order valence-electron chi connectivity index (χ3n) is 24.7. The van der Waals surface area contributed by atoms with Crippen molar-refractivity contribution >= 4 is 151 Å². The number of guanidine groups is 1. The lowest BCUT2D eigenvalue weighted by Gasteiger charge is -2.67. The van der Waals surface area contributed by atoms with Crippen LogP contribution in [0.5, 0.6) is 0 Å². The molecule has 140 heavy (non-hydrogen) atoms. The maximum atomic E-state index is 15.6. The number of aliphatic imine (C=N–C) groups is 1. The molecule has 2 aromatic heterocycles. The second kappa shape index (κ2) is 48.8. The van der Waals surface area contributed by atoms with Gasteiger partial charge in [0.2, 0.25) is 23.7 Å². The van der Waals surface area contributed by atoms with Crippen LogP contribution in [0.1, 0.15) is 174 Å². The fourth-order valence-corrected chi connectivity index (χ4v) is 20.0.